The monoisotopic (exact) mass is 647 g/mol. The number of halogens is 2. The Morgan fingerprint density at radius 3 is 2.35 bits per heavy atom. The van der Waals surface area contributed by atoms with E-state index >= 15 is 0 Å². The molecule has 0 aliphatic carbocycles. The number of unbranched alkanes of at least 4 members (excludes halogenated alkanes) is 1. The molecule has 0 aliphatic heterocycles. The van der Waals surface area contributed by atoms with Crippen LogP contribution in [0.1, 0.15) is 43.7 Å². The van der Waals surface area contributed by atoms with Gasteiger partial charge in [0.15, 0.2) is 0 Å². The molecule has 0 fully saturated rings. The van der Waals surface area contributed by atoms with Gasteiger partial charge in [-0.3, -0.25) is 13.9 Å². The molecular formula is C32H39Cl2N3O5S. The van der Waals surface area contributed by atoms with Gasteiger partial charge in [-0.1, -0.05) is 79.0 Å². The van der Waals surface area contributed by atoms with Crippen molar-refractivity contribution >= 4 is 50.7 Å². The molecule has 0 aromatic heterocycles. The third kappa shape index (κ3) is 10.4. The molecule has 0 unspecified atom stereocenters. The van der Waals surface area contributed by atoms with E-state index in [0.29, 0.717) is 23.7 Å². The van der Waals surface area contributed by atoms with Gasteiger partial charge >= 0.3 is 0 Å². The average molecular weight is 649 g/mol. The predicted octanol–water partition coefficient (Wildman–Crippen LogP) is 6.10. The number of sulfonamides is 1. The molecule has 3 aromatic carbocycles. The number of methoxy groups -OCH3 is 1. The van der Waals surface area contributed by atoms with Gasteiger partial charge in [-0.15, -0.1) is 0 Å². The van der Waals surface area contributed by atoms with Crippen molar-refractivity contribution < 1.29 is 22.7 Å². The lowest BCUT2D eigenvalue weighted by Gasteiger charge is -2.32. The van der Waals surface area contributed by atoms with E-state index in [1.54, 1.807) is 18.1 Å². The third-order valence-electron chi connectivity index (χ3n) is 6.92. The lowest BCUT2D eigenvalue weighted by molar-refractivity contribution is -0.141. The minimum absolute atomic E-state index is 0.00169. The maximum Gasteiger partial charge on any atom is 0.243 e. The van der Waals surface area contributed by atoms with Crippen molar-refractivity contribution in [1.82, 2.24) is 10.2 Å². The molecule has 0 aliphatic rings. The molecule has 3 aromatic rings. The fourth-order valence-corrected chi connectivity index (χ4v) is 6.09. The summed E-state index contributed by atoms with van der Waals surface area (Å²) in [5, 5.41) is 3.57. The van der Waals surface area contributed by atoms with Crippen molar-refractivity contribution in [2.45, 2.75) is 51.6 Å². The Morgan fingerprint density at radius 1 is 0.953 bits per heavy atom. The number of nitrogens with zero attached hydrogens (tertiary/aromatic N) is 2. The Hall–Kier alpha value is -3.27. The molecule has 0 saturated heterocycles. The number of benzene rings is 3. The second kappa shape index (κ2) is 16.5. The summed E-state index contributed by atoms with van der Waals surface area (Å²) in [4.78, 5) is 29.1. The van der Waals surface area contributed by atoms with Crippen LogP contribution in [0.3, 0.4) is 0 Å². The molecule has 0 saturated carbocycles. The number of nitrogens with one attached hydrogen (secondary N) is 1. The highest BCUT2D eigenvalue weighted by Crippen LogP contribution is 2.31. The van der Waals surface area contributed by atoms with Crippen LogP contribution in [0.5, 0.6) is 5.75 Å². The molecule has 3 rings (SSSR count). The highest BCUT2D eigenvalue weighted by Gasteiger charge is 2.30. The van der Waals surface area contributed by atoms with E-state index in [0.717, 1.165) is 34.5 Å². The van der Waals surface area contributed by atoms with Gasteiger partial charge in [-0.25, -0.2) is 8.42 Å². The molecule has 0 bridgehead atoms. The van der Waals surface area contributed by atoms with Crippen molar-refractivity contribution in [2.75, 3.05) is 30.8 Å². The molecule has 2 amide bonds. The molecule has 0 radical (unpaired) electrons. The summed E-state index contributed by atoms with van der Waals surface area (Å²) >= 11 is 12.4. The Labute approximate surface area is 265 Å². The van der Waals surface area contributed by atoms with Crippen molar-refractivity contribution in [1.29, 1.82) is 0 Å². The van der Waals surface area contributed by atoms with Gasteiger partial charge in [0.2, 0.25) is 21.8 Å². The van der Waals surface area contributed by atoms with Crippen LogP contribution >= 0.6 is 23.2 Å². The second-order valence-electron chi connectivity index (χ2n) is 10.3. The Morgan fingerprint density at radius 2 is 1.67 bits per heavy atom. The summed E-state index contributed by atoms with van der Waals surface area (Å²) in [6.45, 7) is 2.72. The van der Waals surface area contributed by atoms with Crippen molar-refractivity contribution in [3.05, 3.63) is 94.0 Å². The van der Waals surface area contributed by atoms with Gasteiger partial charge in [-0.2, -0.15) is 0 Å². The number of carbonyl (C=O) groups excluding carboxylic acids is 2. The molecule has 232 valence electrons. The first-order valence-electron chi connectivity index (χ1n) is 14.2. The second-order valence-corrected chi connectivity index (χ2v) is 13.0. The number of rotatable bonds is 16. The van der Waals surface area contributed by atoms with Crippen LogP contribution in [0.15, 0.2) is 72.8 Å². The first-order chi connectivity index (χ1) is 20.5. The van der Waals surface area contributed by atoms with Crippen LogP contribution in [-0.4, -0.2) is 57.6 Å². The van der Waals surface area contributed by atoms with E-state index in [1.165, 1.54) is 12.1 Å². The van der Waals surface area contributed by atoms with E-state index in [2.05, 4.69) is 5.32 Å². The van der Waals surface area contributed by atoms with Crippen LogP contribution < -0.4 is 14.4 Å². The van der Waals surface area contributed by atoms with Crippen LogP contribution in [-0.2, 0) is 32.6 Å². The Kier molecular flexibility index (Phi) is 13.2. The first kappa shape index (κ1) is 34.2. The topological polar surface area (TPSA) is 96.0 Å². The largest absolute Gasteiger partial charge is 0.497 e. The SMILES string of the molecule is CCCCNC(=O)[C@H](Cc1ccccc1)N(Cc1cccc(OC)c1)C(=O)CCCN(c1cc(Cl)ccc1Cl)S(C)(=O)=O. The third-order valence-corrected chi connectivity index (χ3v) is 8.65. The van der Waals surface area contributed by atoms with E-state index in [1.807, 2.05) is 61.5 Å². The molecule has 1 N–H and O–H groups in total. The van der Waals surface area contributed by atoms with Crippen molar-refractivity contribution in [3.63, 3.8) is 0 Å². The summed E-state index contributed by atoms with van der Waals surface area (Å²) in [5.74, 6) is 0.121. The summed E-state index contributed by atoms with van der Waals surface area (Å²) in [6.07, 6.45) is 3.34. The highest BCUT2D eigenvalue weighted by atomic mass is 35.5. The molecule has 1 atom stereocenters. The van der Waals surface area contributed by atoms with Crippen LogP contribution in [0.25, 0.3) is 0 Å². The zero-order chi connectivity index (χ0) is 31.4. The van der Waals surface area contributed by atoms with Crippen LogP contribution in [0, 0.1) is 0 Å². The van der Waals surface area contributed by atoms with Gasteiger partial charge < -0.3 is 15.0 Å². The summed E-state index contributed by atoms with van der Waals surface area (Å²) in [6, 6.07) is 20.7. The number of hydrogen-bond donors (Lipinski definition) is 1. The van der Waals surface area contributed by atoms with E-state index in [-0.39, 0.29) is 48.5 Å². The zero-order valence-corrected chi connectivity index (χ0v) is 27.1. The van der Waals surface area contributed by atoms with Crippen LogP contribution in [0.4, 0.5) is 5.69 Å². The Balaban J connectivity index is 1.91. The molecule has 8 nitrogen and oxygen atoms in total. The summed E-state index contributed by atoms with van der Waals surface area (Å²) in [7, 11) is -2.16. The van der Waals surface area contributed by atoms with Crippen molar-refractivity contribution in [3.8, 4) is 5.75 Å². The zero-order valence-electron chi connectivity index (χ0n) is 24.8. The molecular weight excluding hydrogens is 609 g/mol. The van der Waals surface area contributed by atoms with Crippen LogP contribution in [0.2, 0.25) is 10.0 Å². The average Bonchev–Trinajstić information content (AvgIpc) is 2.98. The molecule has 43 heavy (non-hydrogen) atoms. The molecule has 0 spiro atoms. The fourth-order valence-electron chi connectivity index (χ4n) is 4.69. The van der Waals surface area contributed by atoms with Gasteiger partial charge in [0.05, 0.1) is 24.1 Å². The fraction of sp³-hybridized carbons (Fsp3) is 0.375. The number of carbonyl (C=O) groups is 2. The molecule has 0 heterocycles. The van der Waals surface area contributed by atoms with E-state index in [9.17, 15) is 18.0 Å². The van der Waals surface area contributed by atoms with Gasteiger partial charge in [-0.05, 0) is 54.3 Å². The van der Waals surface area contributed by atoms with Gasteiger partial charge in [0, 0.05) is 37.5 Å². The summed E-state index contributed by atoms with van der Waals surface area (Å²) in [5.41, 5.74) is 1.96. The normalized spacial score (nSPS) is 11.9. The first-order valence-corrected chi connectivity index (χ1v) is 16.8. The van der Waals surface area contributed by atoms with Gasteiger partial charge in [0.25, 0.3) is 0 Å². The number of ether oxygens (including phenoxy) is 1. The minimum atomic E-state index is -3.73. The minimum Gasteiger partial charge on any atom is -0.497 e. The van der Waals surface area contributed by atoms with E-state index in [4.69, 9.17) is 27.9 Å². The van der Waals surface area contributed by atoms with Crippen molar-refractivity contribution in [2.24, 2.45) is 0 Å². The quantitative estimate of drug-likeness (QED) is 0.189. The number of anilines is 1. The smallest absolute Gasteiger partial charge is 0.243 e. The lowest BCUT2D eigenvalue weighted by Crippen LogP contribution is -2.50. The summed E-state index contributed by atoms with van der Waals surface area (Å²) < 4.78 is 31.9. The number of hydrogen-bond acceptors (Lipinski definition) is 5. The highest BCUT2D eigenvalue weighted by molar-refractivity contribution is 7.92. The van der Waals surface area contributed by atoms with E-state index < -0.39 is 16.1 Å². The number of amides is 2. The maximum atomic E-state index is 14.0. The predicted molar refractivity (Wildman–Crippen MR) is 173 cm³/mol. The Bertz CT molecular complexity index is 1470. The molecule has 11 heteroatoms. The van der Waals surface area contributed by atoms with Gasteiger partial charge in [0.1, 0.15) is 11.8 Å². The maximum absolute atomic E-state index is 14.0. The standard InChI is InChI=1S/C32H39Cl2N3O5S/c1-4-5-18-35-32(39)30(21-24-11-7-6-8-12-24)36(23-25-13-9-14-27(20-25)42-2)31(38)15-10-19-37(43(3,40)41)29-22-26(33)16-17-28(29)34/h6-9,11-14,16-17,20,22,30H,4-5,10,15,18-19,21,23H2,1-3H3,(H,35,39)/t30-/m0/s1. The lowest BCUT2D eigenvalue weighted by atomic mass is 10.0.